The van der Waals surface area contributed by atoms with E-state index in [-0.39, 0.29) is 5.91 Å². The Kier molecular flexibility index (Phi) is 6.31. The van der Waals surface area contributed by atoms with Crippen LogP contribution >= 0.6 is 0 Å². The minimum Gasteiger partial charge on any atom is -0.340 e. The van der Waals surface area contributed by atoms with Gasteiger partial charge in [-0.15, -0.1) is 0 Å². The highest BCUT2D eigenvalue weighted by Crippen LogP contribution is 2.25. The molecule has 2 aliphatic heterocycles. The molecule has 1 unspecified atom stereocenters. The summed E-state index contributed by atoms with van der Waals surface area (Å²) in [5, 5.41) is 6.94. The minimum atomic E-state index is 0.289. The molecular formula is C18H34N4O. The monoisotopic (exact) mass is 322 g/mol. The van der Waals surface area contributed by atoms with Gasteiger partial charge >= 0.3 is 0 Å². The van der Waals surface area contributed by atoms with E-state index in [1.807, 2.05) is 0 Å². The summed E-state index contributed by atoms with van der Waals surface area (Å²) in [5.41, 5.74) is 0. The third kappa shape index (κ3) is 4.91. The molecular weight excluding hydrogens is 288 g/mol. The Morgan fingerprint density at radius 1 is 1.17 bits per heavy atom. The Morgan fingerprint density at radius 2 is 2.00 bits per heavy atom. The summed E-state index contributed by atoms with van der Waals surface area (Å²) in [5.74, 6) is 1.01. The van der Waals surface area contributed by atoms with Crippen molar-refractivity contribution in [3.63, 3.8) is 0 Å². The molecule has 0 aromatic carbocycles. The van der Waals surface area contributed by atoms with E-state index in [0.29, 0.717) is 12.6 Å². The number of carbonyl (C=O) groups is 1. The zero-order valence-electron chi connectivity index (χ0n) is 14.7. The number of amides is 1. The zero-order chi connectivity index (χ0) is 16.1. The lowest BCUT2D eigenvalue weighted by Crippen LogP contribution is -2.50. The van der Waals surface area contributed by atoms with Crippen molar-refractivity contribution in [2.75, 3.05) is 46.3 Å². The topological polar surface area (TPSA) is 47.6 Å². The van der Waals surface area contributed by atoms with E-state index in [1.54, 1.807) is 0 Å². The number of nitrogens with zero attached hydrogens (tertiary/aromatic N) is 2. The first-order chi connectivity index (χ1) is 11.2. The molecule has 3 aliphatic rings. The highest BCUT2D eigenvalue weighted by atomic mass is 16.2. The van der Waals surface area contributed by atoms with Crippen LogP contribution in [0.3, 0.4) is 0 Å². The van der Waals surface area contributed by atoms with E-state index >= 15 is 0 Å². The average molecular weight is 322 g/mol. The van der Waals surface area contributed by atoms with Crippen molar-refractivity contribution in [3.05, 3.63) is 0 Å². The molecule has 2 N–H and O–H groups in total. The molecule has 0 radical (unpaired) electrons. The maximum absolute atomic E-state index is 11.9. The Bertz CT molecular complexity index is 381. The van der Waals surface area contributed by atoms with E-state index < -0.39 is 0 Å². The molecule has 3 rings (SSSR count). The number of piperazine rings is 1. The fourth-order valence-electron chi connectivity index (χ4n) is 4.50. The third-order valence-electron chi connectivity index (χ3n) is 6.09. The van der Waals surface area contributed by atoms with Crippen LogP contribution in [0.4, 0.5) is 0 Å². The molecule has 0 bridgehead atoms. The van der Waals surface area contributed by atoms with Crippen LogP contribution in [-0.2, 0) is 4.79 Å². The van der Waals surface area contributed by atoms with Gasteiger partial charge in [0.15, 0.2) is 0 Å². The molecule has 2 heterocycles. The second-order valence-electron chi connectivity index (χ2n) is 7.75. The third-order valence-corrected chi connectivity index (χ3v) is 6.09. The van der Waals surface area contributed by atoms with Gasteiger partial charge < -0.3 is 20.4 Å². The first kappa shape index (κ1) is 17.2. The van der Waals surface area contributed by atoms with E-state index in [9.17, 15) is 4.79 Å². The zero-order valence-corrected chi connectivity index (χ0v) is 14.7. The largest absolute Gasteiger partial charge is 0.340 e. The lowest BCUT2D eigenvalue weighted by atomic mass is 9.85. The summed E-state index contributed by atoms with van der Waals surface area (Å²) >= 11 is 0. The Hall–Kier alpha value is -0.650. The summed E-state index contributed by atoms with van der Waals surface area (Å²) in [4.78, 5) is 16.5. The van der Waals surface area contributed by atoms with E-state index in [0.717, 1.165) is 31.6 Å². The quantitative estimate of drug-likeness (QED) is 0.767. The number of carbonyl (C=O) groups excluding carboxylic acids is 1. The first-order valence-electron chi connectivity index (χ1n) is 9.64. The van der Waals surface area contributed by atoms with Crippen LogP contribution in [0.2, 0.25) is 0 Å². The SMILES string of the molecule is CN1CCCC1CCNC1CCC(CN2CCNCC2=O)CC1. The Labute approximate surface area is 141 Å². The molecule has 132 valence electrons. The van der Waals surface area contributed by atoms with Crippen molar-refractivity contribution in [1.82, 2.24) is 20.4 Å². The molecule has 1 amide bonds. The number of hydrogen-bond donors (Lipinski definition) is 2. The molecule has 0 aromatic rings. The second kappa shape index (κ2) is 8.45. The number of hydrogen-bond acceptors (Lipinski definition) is 4. The van der Waals surface area contributed by atoms with Crippen molar-refractivity contribution >= 4 is 5.91 Å². The highest BCUT2D eigenvalue weighted by Gasteiger charge is 2.26. The van der Waals surface area contributed by atoms with Gasteiger partial charge in [-0.05, 0) is 71.0 Å². The van der Waals surface area contributed by atoms with Crippen LogP contribution in [0.5, 0.6) is 0 Å². The number of likely N-dealkylation sites (tertiary alicyclic amines) is 1. The molecule has 5 heteroatoms. The van der Waals surface area contributed by atoms with Crippen LogP contribution < -0.4 is 10.6 Å². The van der Waals surface area contributed by atoms with Gasteiger partial charge in [0.1, 0.15) is 0 Å². The lowest BCUT2D eigenvalue weighted by Gasteiger charge is -2.35. The molecule has 2 saturated heterocycles. The van der Waals surface area contributed by atoms with Gasteiger partial charge in [0.05, 0.1) is 6.54 Å². The molecule has 1 aliphatic carbocycles. The van der Waals surface area contributed by atoms with Crippen molar-refractivity contribution in [1.29, 1.82) is 0 Å². The second-order valence-corrected chi connectivity index (χ2v) is 7.75. The van der Waals surface area contributed by atoms with Crippen molar-refractivity contribution in [2.45, 2.75) is 57.0 Å². The first-order valence-corrected chi connectivity index (χ1v) is 9.64. The molecule has 1 saturated carbocycles. The Balaban J connectivity index is 1.30. The molecule has 5 nitrogen and oxygen atoms in total. The fraction of sp³-hybridized carbons (Fsp3) is 0.944. The van der Waals surface area contributed by atoms with E-state index in [4.69, 9.17) is 0 Å². The van der Waals surface area contributed by atoms with Crippen molar-refractivity contribution in [3.8, 4) is 0 Å². The van der Waals surface area contributed by atoms with Crippen molar-refractivity contribution in [2.24, 2.45) is 5.92 Å². The fourth-order valence-corrected chi connectivity index (χ4v) is 4.50. The van der Waals surface area contributed by atoms with Gasteiger partial charge in [0.25, 0.3) is 0 Å². The van der Waals surface area contributed by atoms with Gasteiger partial charge in [0, 0.05) is 31.7 Å². The minimum absolute atomic E-state index is 0.289. The standard InChI is InChI=1S/C18H34N4O/c1-21-11-2-3-17(21)8-9-20-16-6-4-15(5-7-16)14-22-12-10-19-13-18(22)23/h15-17,19-20H,2-14H2,1H3. The number of nitrogens with one attached hydrogen (secondary N) is 2. The smallest absolute Gasteiger partial charge is 0.236 e. The van der Waals surface area contributed by atoms with Crippen molar-refractivity contribution < 1.29 is 4.79 Å². The van der Waals surface area contributed by atoms with Crippen LogP contribution in [0.25, 0.3) is 0 Å². The number of rotatable bonds is 6. The molecule has 0 spiro atoms. The van der Waals surface area contributed by atoms with Crippen LogP contribution in [0.1, 0.15) is 44.9 Å². The maximum Gasteiger partial charge on any atom is 0.236 e. The lowest BCUT2D eigenvalue weighted by molar-refractivity contribution is -0.132. The van der Waals surface area contributed by atoms with E-state index in [1.165, 1.54) is 58.0 Å². The summed E-state index contributed by atoms with van der Waals surface area (Å²) in [7, 11) is 2.26. The maximum atomic E-state index is 11.9. The summed E-state index contributed by atoms with van der Waals surface area (Å²) in [6.07, 6.45) is 9.17. The predicted octanol–water partition coefficient (Wildman–Crippen LogP) is 1.05. The van der Waals surface area contributed by atoms with Crippen LogP contribution in [-0.4, -0.2) is 74.1 Å². The molecule has 0 aromatic heterocycles. The van der Waals surface area contributed by atoms with Gasteiger partial charge in [-0.2, -0.15) is 0 Å². The predicted molar refractivity (Wildman–Crippen MR) is 93.5 cm³/mol. The van der Waals surface area contributed by atoms with Crippen LogP contribution in [0, 0.1) is 5.92 Å². The summed E-state index contributed by atoms with van der Waals surface area (Å²) in [6, 6.07) is 1.51. The summed E-state index contributed by atoms with van der Waals surface area (Å²) < 4.78 is 0. The molecule has 1 atom stereocenters. The summed E-state index contributed by atoms with van der Waals surface area (Å²) in [6.45, 7) is 5.82. The highest BCUT2D eigenvalue weighted by molar-refractivity contribution is 5.78. The Morgan fingerprint density at radius 3 is 2.70 bits per heavy atom. The molecule has 3 fully saturated rings. The van der Waals surface area contributed by atoms with Gasteiger partial charge in [-0.25, -0.2) is 0 Å². The normalized spacial score (nSPS) is 33.3. The molecule has 23 heavy (non-hydrogen) atoms. The van der Waals surface area contributed by atoms with Gasteiger partial charge in [-0.3, -0.25) is 4.79 Å². The van der Waals surface area contributed by atoms with Gasteiger partial charge in [0.2, 0.25) is 5.91 Å². The van der Waals surface area contributed by atoms with Crippen LogP contribution in [0.15, 0.2) is 0 Å². The van der Waals surface area contributed by atoms with Gasteiger partial charge in [-0.1, -0.05) is 0 Å². The average Bonchev–Trinajstić information content (AvgIpc) is 2.97. The van der Waals surface area contributed by atoms with E-state index in [2.05, 4.69) is 27.5 Å².